The molecule has 41 heavy (non-hydrogen) atoms. The van der Waals surface area contributed by atoms with Crippen molar-refractivity contribution in [1.82, 2.24) is 19.2 Å². The highest BCUT2D eigenvalue weighted by Gasteiger charge is 2.46. The van der Waals surface area contributed by atoms with Crippen molar-refractivity contribution < 1.29 is 24.2 Å². The summed E-state index contributed by atoms with van der Waals surface area (Å²) >= 11 is 0. The number of aromatic nitrogens is 2. The van der Waals surface area contributed by atoms with Crippen molar-refractivity contribution in [3.8, 4) is 11.5 Å². The van der Waals surface area contributed by atoms with Crippen LogP contribution in [0.15, 0.2) is 48.2 Å². The first-order valence-corrected chi connectivity index (χ1v) is 14.5. The highest BCUT2D eigenvalue weighted by molar-refractivity contribution is 6.46. The molecule has 2 aromatic heterocycles. The number of aliphatic hydroxyl groups excluding tert-OH is 1. The van der Waals surface area contributed by atoms with Crippen molar-refractivity contribution in [1.29, 1.82) is 0 Å². The van der Waals surface area contributed by atoms with E-state index in [0.29, 0.717) is 59.6 Å². The number of likely N-dealkylation sites (tertiary alicyclic amines) is 1. The Morgan fingerprint density at radius 1 is 1.12 bits per heavy atom. The minimum Gasteiger partial charge on any atom is -0.505 e. The fourth-order valence-corrected chi connectivity index (χ4v) is 5.37. The topological polar surface area (TPSA) is 96.6 Å². The lowest BCUT2D eigenvalue weighted by Crippen LogP contribution is -2.33. The summed E-state index contributed by atoms with van der Waals surface area (Å²) < 4.78 is 13.4. The fourth-order valence-electron chi connectivity index (χ4n) is 5.37. The predicted molar refractivity (Wildman–Crippen MR) is 159 cm³/mol. The van der Waals surface area contributed by atoms with E-state index in [1.807, 2.05) is 30.3 Å². The van der Waals surface area contributed by atoms with E-state index in [1.165, 1.54) is 0 Å². The zero-order valence-corrected chi connectivity index (χ0v) is 25.0. The van der Waals surface area contributed by atoms with Crippen LogP contribution in [-0.4, -0.2) is 75.9 Å². The molecule has 1 unspecified atom stereocenters. The number of amides is 1. The molecule has 1 N–H and O–H groups in total. The van der Waals surface area contributed by atoms with Crippen LogP contribution in [0.5, 0.6) is 11.5 Å². The maximum absolute atomic E-state index is 13.6. The second-order valence-electron chi connectivity index (χ2n) is 10.8. The first kappa shape index (κ1) is 30.1. The quantitative estimate of drug-likeness (QED) is 0.173. The normalized spacial score (nSPS) is 16.9. The van der Waals surface area contributed by atoms with Gasteiger partial charge in [-0.2, -0.15) is 0 Å². The van der Waals surface area contributed by atoms with Crippen molar-refractivity contribution in [2.24, 2.45) is 5.92 Å². The summed E-state index contributed by atoms with van der Waals surface area (Å²) in [5, 5.41) is 11.7. The highest BCUT2D eigenvalue weighted by atomic mass is 16.5. The van der Waals surface area contributed by atoms with Gasteiger partial charge in [0.15, 0.2) is 17.3 Å². The molecule has 0 saturated carbocycles. The van der Waals surface area contributed by atoms with E-state index < -0.39 is 17.7 Å². The lowest BCUT2D eigenvalue weighted by Gasteiger charge is -2.27. The van der Waals surface area contributed by atoms with Crippen LogP contribution < -0.4 is 9.47 Å². The van der Waals surface area contributed by atoms with Gasteiger partial charge in [-0.15, -0.1) is 0 Å². The van der Waals surface area contributed by atoms with Crippen LogP contribution in [0.2, 0.25) is 0 Å². The number of aliphatic hydroxyl groups is 1. The Morgan fingerprint density at radius 3 is 2.56 bits per heavy atom. The summed E-state index contributed by atoms with van der Waals surface area (Å²) in [7, 11) is 1.57. The van der Waals surface area contributed by atoms with Crippen molar-refractivity contribution in [3.05, 3.63) is 65.1 Å². The van der Waals surface area contributed by atoms with Gasteiger partial charge in [-0.3, -0.25) is 14.0 Å². The molecule has 0 bridgehead atoms. The number of ether oxygens (including phenoxy) is 2. The molecule has 3 aromatic rings. The van der Waals surface area contributed by atoms with Gasteiger partial charge >= 0.3 is 0 Å². The van der Waals surface area contributed by atoms with E-state index in [1.54, 1.807) is 35.6 Å². The Kier molecular flexibility index (Phi) is 9.70. The van der Waals surface area contributed by atoms with Crippen LogP contribution in [0.4, 0.5) is 0 Å². The maximum Gasteiger partial charge on any atom is 0.295 e. The molecule has 1 aliphatic heterocycles. The van der Waals surface area contributed by atoms with Gasteiger partial charge in [0.25, 0.3) is 11.7 Å². The lowest BCUT2D eigenvalue weighted by molar-refractivity contribution is -0.140. The first-order chi connectivity index (χ1) is 19.7. The van der Waals surface area contributed by atoms with Gasteiger partial charge in [0.05, 0.1) is 31.0 Å². The summed E-state index contributed by atoms with van der Waals surface area (Å²) in [5.41, 5.74) is 2.30. The van der Waals surface area contributed by atoms with E-state index in [2.05, 4.69) is 37.6 Å². The number of hydrogen-bond donors (Lipinski definition) is 1. The van der Waals surface area contributed by atoms with E-state index in [-0.39, 0.29) is 11.3 Å². The van der Waals surface area contributed by atoms with Gasteiger partial charge in [-0.25, -0.2) is 4.98 Å². The Bertz CT molecular complexity index is 1420. The minimum absolute atomic E-state index is 0.0436. The summed E-state index contributed by atoms with van der Waals surface area (Å²) in [6.45, 7) is 13.8. The molecular weight excluding hydrogens is 520 g/mol. The number of carbonyl (C=O) groups is 2. The number of carbonyl (C=O) groups excluding carboxylic acids is 2. The third-order valence-corrected chi connectivity index (χ3v) is 7.69. The predicted octanol–water partition coefficient (Wildman–Crippen LogP) is 5.23. The van der Waals surface area contributed by atoms with Crippen molar-refractivity contribution >= 4 is 23.1 Å². The summed E-state index contributed by atoms with van der Waals surface area (Å²) in [6.07, 6.45) is 3.37. The molecule has 9 nitrogen and oxygen atoms in total. The molecular formula is C32H42N4O5. The zero-order valence-electron chi connectivity index (χ0n) is 25.0. The molecule has 1 aromatic carbocycles. The van der Waals surface area contributed by atoms with E-state index in [9.17, 15) is 14.7 Å². The van der Waals surface area contributed by atoms with Gasteiger partial charge in [-0.05, 0) is 75.1 Å². The van der Waals surface area contributed by atoms with E-state index in [4.69, 9.17) is 9.47 Å². The number of Topliss-reactive ketones (excluding diaryl/α,β-unsaturated/α-hetero) is 1. The largest absolute Gasteiger partial charge is 0.505 e. The number of pyridine rings is 1. The Labute approximate surface area is 242 Å². The maximum atomic E-state index is 13.6. The van der Waals surface area contributed by atoms with Crippen LogP contribution in [0, 0.1) is 12.8 Å². The number of rotatable bonds is 13. The molecule has 9 heteroatoms. The van der Waals surface area contributed by atoms with Crippen molar-refractivity contribution in [3.63, 3.8) is 0 Å². The highest BCUT2D eigenvalue weighted by Crippen LogP contribution is 2.42. The average Bonchev–Trinajstić information content (AvgIpc) is 3.43. The fraction of sp³-hybridized carbons (Fsp3) is 0.469. The van der Waals surface area contributed by atoms with Crippen LogP contribution in [0.1, 0.15) is 63.5 Å². The van der Waals surface area contributed by atoms with Crippen LogP contribution in [0.3, 0.4) is 0 Å². The third kappa shape index (κ3) is 6.25. The Morgan fingerprint density at radius 2 is 1.88 bits per heavy atom. The minimum atomic E-state index is -0.793. The van der Waals surface area contributed by atoms with Gasteiger partial charge < -0.3 is 24.4 Å². The summed E-state index contributed by atoms with van der Waals surface area (Å²) in [5.74, 6) is 0.0149. The zero-order chi connectivity index (χ0) is 29.7. The number of aryl methyl sites for hydroxylation is 1. The van der Waals surface area contributed by atoms with Gasteiger partial charge in [0.2, 0.25) is 0 Å². The van der Waals surface area contributed by atoms with Crippen LogP contribution in [0.25, 0.3) is 11.4 Å². The Hall–Kier alpha value is -3.85. The molecule has 4 rings (SSSR count). The lowest BCUT2D eigenvalue weighted by atomic mass is 9.95. The number of methoxy groups -OCH3 is 1. The molecule has 1 saturated heterocycles. The van der Waals surface area contributed by atoms with Gasteiger partial charge in [0.1, 0.15) is 11.3 Å². The van der Waals surface area contributed by atoms with Gasteiger partial charge in [0, 0.05) is 12.7 Å². The second-order valence-corrected chi connectivity index (χ2v) is 10.8. The molecule has 1 atom stereocenters. The monoisotopic (exact) mass is 562 g/mol. The molecule has 220 valence electrons. The number of hydrogen-bond acceptors (Lipinski definition) is 7. The Balaban J connectivity index is 1.80. The second kappa shape index (κ2) is 13.2. The third-order valence-electron chi connectivity index (χ3n) is 7.69. The molecule has 0 aliphatic carbocycles. The summed E-state index contributed by atoms with van der Waals surface area (Å²) in [4.78, 5) is 35.5. The standard InChI is InChI=1S/C32H42N4O5/c1-7-34(8-2)16-11-18-36-29(23-13-14-24(25(20-23)40-6)41-19-15-21(3)4)27(31(38)32(36)39)30(37)28-22(5)33-26-12-9-10-17-35(26)28/h9-10,12-14,17,20-21,29,37H,7-8,11,15-16,18-19H2,1-6H3. The molecule has 0 radical (unpaired) electrons. The SMILES string of the molecule is CCN(CC)CCCN1C(=O)C(=O)C(=C(O)c2c(C)nc3ccccn23)C1c1ccc(OCCC(C)C)c(OC)c1. The summed E-state index contributed by atoms with van der Waals surface area (Å²) in [6, 6.07) is 10.2. The molecule has 1 amide bonds. The van der Waals surface area contributed by atoms with Crippen molar-refractivity contribution in [2.75, 3.05) is 39.9 Å². The van der Waals surface area contributed by atoms with Gasteiger partial charge in [-0.1, -0.05) is 39.8 Å². The number of ketones is 1. The average molecular weight is 563 g/mol. The first-order valence-electron chi connectivity index (χ1n) is 14.5. The van der Waals surface area contributed by atoms with E-state index in [0.717, 1.165) is 26.1 Å². The number of fused-ring (bicyclic) bond motifs is 1. The van der Waals surface area contributed by atoms with Crippen molar-refractivity contribution in [2.45, 2.75) is 53.5 Å². The van der Waals surface area contributed by atoms with E-state index >= 15 is 0 Å². The number of nitrogens with zero attached hydrogens (tertiary/aromatic N) is 4. The molecule has 1 aliphatic rings. The molecule has 0 spiro atoms. The van der Waals surface area contributed by atoms with Crippen LogP contribution in [-0.2, 0) is 9.59 Å². The molecule has 1 fully saturated rings. The molecule has 3 heterocycles. The smallest absolute Gasteiger partial charge is 0.295 e. The number of imidazole rings is 1. The number of benzene rings is 1. The van der Waals surface area contributed by atoms with Crippen LogP contribution >= 0.6 is 0 Å².